The molecule has 1 aliphatic carbocycles. The second-order valence-electron chi connectivity index (χ2n) is 8.16. The van der Waals surface area contributed by atoms with E-state index in [1.54, 1.807) is 12.1 Å². The zero-order valence-corrected chi connectivity index (χ0v) is 17.6. The molecule has 1 atom stereocenters. The van der Waals surface area contributed by atoms with Crippen LogP contribution in [0.3, 0.4) is 0 Å². The van der Waals surface area contributed by atoms with Gasteiger partial charge in [-0.15, -0.1) is 0 Å². The van der Waals surface area contributed by atoms with E-state index in [2.05, 4.69) is 0 Å². The predicted octanol–water partition coefficient (Wildman–Crippen LogP) is 5.42. The summed E-state index contributed by atoms with van der Waals surface area (Å²) < 4.78 is 30.6. The summed E-state index contributed by atoms with van der Waals surface area (Å²) in [6, 6.07) is 6.94. The smallest absolute Gasteiger partial charge is 0.314 e. The lowest BCUT2D eigenvalue weighted by Gasteiger charge is -2.40. The van der Waals surface area contributed by atoms with Crippen LogP contribution in [0.5, 0.6) is 5.75 Å². The Labute approximate surface area is 181 Å². The first-order valence-electron chi connectivity index (χ1n) is 9.85. The van der Waals surface area contributed by atoms with Gasteiger partial charge < -0.3 is 10.2 Å². The van der Waals surface area contributed by atoms with Gasteiger partial charge in [-0.05, 0) is 50.8 Å². The van der Waals surface area contributed by atoms with Crippen LogP contribution in [0.4, 0.5) is 8.78 Å². The van der Waals surface area contributed by atoms with E-state index in [4.69, 9.17) is 11.6 Å². The van der Waals surface area contributed by atoms with E-state index in [1.807, 2.05) is 0 Å². The van der Waals surface area contributed by atoms with Crippen LogP contribution in [0.25, 0.3) is 10.9 Å². The van der Waals surface area contributed by atoms with Crippen LogP contribution in [0.2, 0.25) is 5.02 Å². The number of carboxylic acids is 1. The number of aromatic hydroxyl groups is 1. The molecule has 0 aliphatic heterocycles. The molecular formula is C23H20ClF2NO4. The summed E-state index contributed by atoms with van der Waals surface area (Å²) in [4.78, 5) is 25.8. The fourth-order valence-corrected chi connectivity index (χ4v) is 4.79. The highest BCUT2D eigenvalue weighted by Gasteiger charge is 2.49. The Morgan fingerprint density at radius 2 is 1.90 bits per heavy atom. The summed E-state index contributed by atoms with van der Waals surface area (Å²) in [7, 11) is 0. The second-order valence-corrected chi connectivity index (χ2v) is 8.60. The number of fused-ring (bicyclic) bond motifs is 1. The highest BCUT2D eigenvalue weighted by molar-refractivity contribution is 6.31. The first kappa shape index (κ1) is 21.3. The van der Waals surface area contributed by atoms with Gasteiger partial charge in [0.15, 0.2) is 17.4 Å². The molecule has 1 fully saturated rings. The normalized spacial score (nSPS) is 16.2. The average molecular weight is 448 g/mol. The quantitative estimate of drug-likeness (QED) is 0.559. The van der Waals surface area contributed by atoms with Gasteiger partial charge in [0.25, 0.3) is 5.91 Å². The van der Waals surface area contributed by atoms with Crippen LogP contribution < -0.4 is 0 Å². The third-order valence-electron chi connectivity index (χ3n) is 6.52. The third kappa shape index (κ3) is 3.02. The molecule has 0 amide bonds. The van der Waals surface area contributed by atoms with Crippen molar-refractivity contribution < 1.29 is 28.6 Å². The molecule has 1 aliphatic rings. The van der Waals surface area contributed by atoms with Crippen LogP contribution in [0, 0.1) is 24.5 Å². The summed E-state index contributed by atoms with van der Waals surface area (Å²) in [5.41, 5.74) is -1.24. The minimum Gasteiger partial charge on any atom is -0.503 e. The molecule has 3 aromatic rings. The first-order chi connectivity index (χ1) is 14.6. The van der Waals surface area contributed by atoms with Crippen molar-refractivity contribution in [3.63, 3.8) is 0 Å². The molecule has 1 saturated carbocycles. The molecule has 0 bridgehead atoms. The molecule has 2 aromatic carbocycles. The number of rotatable bonds is 4. The van der Waals surface area contributed by atoms with Gasteiger partial charge in [-0.3, -0.25) is 14.2 Å². The monoisotopic (exact) mass is 447 g/mol. The van der Waals surface area contributed by atoms with Crippen LogP contribution in [-0.2, 0) is 10.2 Å². The van der Waals surface area contributed by atoms with E-state index in [0.717, 1.165) is 17.1 Å². The minimum atomic E-state index is -1.52. The number of carboxylic acid groups (broad SMARTS) is 1. The summed E-state index contributed by atoms with van der Waals surface area (Å²) in [5, 5.41) is 20.1. The SMILES string of the molecule is Cc1c([C@](C)(C(=O)O)C2CCC2)c2c(F)c(O)c(F)cc2n1C(=O)c1cccc(Cl)c1. The molecule has 0 saturated heterocycles. The van der Waals surface area contributed by atoms with Crippen molar-refractivity contribution in [2.75, 3.05) is 0 Å². The molecule has 162 valence electrons. The summed E-state index contributed by atoms with van der Waals surface area (Å²) >= 11 is 6.00. The maximum Gasteiger partial charge on any atom is 0.314 e. The summed E-state index contributed by atoms with van der Waals surface area (Å²) in [6.07, 6.45) is 2.10. The zero-order valence-electron chi connectivity index (χ0n) is 16.9. The first-order valence-corrected chi connectivity index (χ1v) is 10.2. The number of phenolic OH excluding ortho intramolecular Hbond substituents is 1. The molecule has 8 heteroatoms. The molecule has 31 heavy (non-hydrogen) atoms. The number of carbonyl (C=O) groups excluding carboxylic acids is 1. The molecule has 0 unspecified atom stereocenters. The highest BCUT2D eigenvalue weighted by Crippen LogP contribution is 2.49. The van der Waals surface area contributed by atoms with Crippen LogP contribution >= 0.6 is 11.6 Å². The summed E-state index contributed by atoms with van der Waals surface area (Å²) in [5.74, 6) is -5.79. The van der Waals surface area contributed by atoms with Crippen molar-refractivity contribution in [1.82, 2.24) is 4.57 Å². The van der Waals surface area contributed by atoms with Crippen LogP contribution in [0.15, 0.2) is 30.3 Å². The molecular weight excluding hydrogens is 428 g/mol. The Morgan fingerprint density at radius 3 is 2.45 bits per heavy atom. The van der Waals surface area contributed by atoms with Gasteiger partial charge >= 0.3 is 5.97 Å². The van der Waals surface area contributed by atoms with Crippen molar-refractivity contribution >= 4 is 34.4 Å². The lowest BCUT2D eigenvalue weighted by molar-refractivity contribution is -0.146. The van der Waals surface area contributed by atoms with Crippen LogP contribution in [0.1, 0.15) is 47.8 Å². The van der Waals surface area contributed by atoms with Crippen molar-refractivity contribution in [1.29, 1.82) is 0 Å². The maximum absolute atomic E-state index is 15.2. The molecule has 0 radical (unpaired) electrons. The van der Waals surface area contributed by atoms with Gasteiger partial charge in [0.2, 0.25) is 0 Å². The maximum atomic E-state index is 15.2. The number of aliphatic carboxylic acids is 1. The Bertz CT molecular complexity index is 1250. The van der Waals surface area contributed by atoms with Crippen LogP contribution in [-0.4, -0.2) is 26.7 Å². The van der Waals surface area contributed by atoms with Crippen molar-refractivity contribution in [3.05, 3.63) is 63.8 Å². The Kier molecular flexibility index (Phi) is 5.04. The molecule has 4 rings (SSSR count). The zero-order chi connectivity index (χ0) is 22.7. The number of phenols is 1. The highest BCUT2D eigenvalue weighted by atomic mass is 35.5. The molecule has 1 heterocycles. The van der Waals surface area contributed by atoms with Gasteiger partial charge in [0.05, 0.1) is 10.9 Å². The van der Waals surface area contributed by atoms with E-state index >= 15 is 4.39 Å². The Morgan fingerprint density at radius 1 is 1.23 bits per heavy atom. The molecule has 0 spiro atoms. The number of nitrogens with zero attached hydrogens (tertiary/aromatic N) is 1. The number of benzene rings is 2. The van der Waals surface area contributed by atoms with E-state index in [9.17, 15) is 24.2 Å². The fourth-order valence-electron chi connectivity index (χ4n) is 4.60. The lowest BCUT2D eigenvalue weighted by Crippen LogP contribution is -2.44. The van der Waals surface area contributed by atoms with Crippen molar-refractivity contribution in [2.45, 2.75) is 38.5 Å². The number of halogens is 3. The number of hydrogen-bond donors (Lipinski definition) is 2. The topological polar surface area (TPSA) is 79.5 Å². The second kappa shape index (κ2) is 7.34. The molecule has 2 N–H and O–H groups in total. The van der Waals surface area contributed by atoms with Gasteiger partial charge in [0.1, 0.15) is 0 Å². The Hall–Kier alpha value is -2.93. The summed E-state index contributed by atoms with van der Waals surface area (Å²) in [6.45, 7) is 3.00. The molecule has 1 aromatic heterocycles. The van der Waals surface area contributed by atoms with E-state index in [-0.39, 0.29) is 33.6 Å². The fraction of sp³-hybridized carbons (Fsp3) is 0.304. The predicted molar refractivity (Wildman–Crippen MR) is 112 cm³/mol. The van der Waals surface area contributed by atoms with Gasteiger partial charge in [-0.1, -0.05) is 24.1 Å². The number of hydrogen-bond acceptors (Lipinski definition) is 3. The average Bonchev–Trinajstić information content (AvgIpc) is 2.96. The Balaban J connectivity index is 2.11. The van der Waals surface area contributed by atoms with Gasteiger partial charge in [0, 0.05) is 33.3 Å². The van der Waals surface area contributed by atoms with Crippen molar-refractivity contribution in [2.24, 2.45) is 5.92 Å². The standard InChI is InChI=1S/C23H20ClF2NO4/c1-11-18(23(2,22(30)31)13-6-4-7-13)17-16(10-15(25)20(28)19(17)26)27(11)21(29)12-5-3-8-14(24)9-12/h3,5,8-10,13,28H,4,6-7H2,1-2H3,(H,30,31)/t23-/m1/s1. The third-order valence-corrected chi connectivity index (χ3v) is 6.76. The lowest BCUT2D eigenvalue weighted by atomic mass is 9.62. The number of aromatic nitrogens is 1. The van der Waals surface area contributed by atoms with E-state index in [1.165, 1.54) is 26.0 Å². The minimum absolute atomic E-state index is 0.0721. The van der Waals surface area contributed by atoms with E-state index < -0.39 is 34.7 Å². The number of carbonyl (C=O) groups is 2. The van der Waals surface area contributed by atoms with Gasteiger partial charge in [-0.25, -0.2) is 8.78 Å². The largest absolute Gasteiger partial charge is 0.503 e. The molecule has 5 nitrogen and oxygen atoms in total. The van der Waals surface area contributed by atoms with E-state index in [0.29, 0.717) is 17.9 Å². The van der Waals surface area contributed by atoms with Gasteiger partial charge in [-0.2, -0.15) is 0 Å². The van der Waals surface area contributed by atoms with Crippen molar-refractivity contribution in [3.8, 4) is 5.75 Å².